The molecule has 0 saturated heterocycles. The molecular weight excluding hydrogens is 402 g/mol. The van der Waals surface area contributed by atoms with Gasteiger partial charge in [0.2, 0.25) is 16.2 Å². The molecule has 0 aliphatic carbocycles. The van der Waals surface area contributed by atoms with E-state index in [1.807, 2.05) is 32.0 Å². The molecule has 1 amide bonds. The molecule has 0 bridgehead atoms. The van der Waals surface area contributed by atoms with Gasteiger partial charge in [-0.3, -0.25) is 4.79 Å². The fraction of sp³-hybridized carbons (Fsp3) is 0.286. The number of benzene rings is 2. The van der Waals surface area contributed by atoms with Crippen molar-refractivity contribution in [3.8, 4) is 11.1 Å². The van der Waals surface area contributed by atoms with Crippen molar-refractivity contribution >= 4 is 29.4 Å². The van der Waals surface area contributed by atoms with E-state index >= 15 is 0 Å². The van der Waals surface area contributed by atoms with Crippen LogP contribution in [0.25, 0.3) is 11.1 Å². The van der Waals surface area contributed by atoms with Crippen molar-refractivity contribution in [3.05, 3.63) is 60.2 Å². The van der Waals surface area contributed by atoms with Crippen LogP contribution < -0.4 is 5.84 Å². The third-order valence-electron chi connectivity index (χ3n) is 4.50. The minimum atomic E-state index is 0.0794. The maximum atomic E-state index is 12.1. The second-order valence-corrected chi connectivity index (χ2v) is 8.23. The second kappa shape index (κ2) is 10.4. The van der Waals surface area contributed by atoms with Gasteiger partial charge in [0, 0.05) is 18.8 Å². The third-order valence-corrected chi connectivity index (χ3v) is 6.45. The number of hydrogen-bond donors (Lipinski definition) is 1. The van der Waals surface area contributed by atoms with E-state index in [4.69, 9.17) is 5.84 Å². The number of hydrogen-bond acceptors (Lipinski definition) is 6. The predicted octanol–water partition coefficient (Wildman–Crippen LogP) is 3.91. The molecule has 0 aliphatic rings. The number of thioether (sulfide) groups is 2. The van der Waals surface area contributed by atoms with Gasteiger partial charge in [-0.2, -0.15) is 0 Å². The summed E-state index contributed by atoms with van der Waals surface area (Å²) in [4.78, 5) is 13.9. The number of nitrogens with two attached hydrogens (primary N) is 1. The van der Waals surface area contributed by atoms with Crippen LogP contribution in [0, 0.1) is 0 Å². The molecule has 6 nitrogen and oxygen atoms in total. The molecule has 0 atom stereocenters. The number of carbonyl (C=O) groups excluding carboxylic acids is 1. The van der Waals surface area contributed by atoms with Crippen LogP contribution in [0.3, 0.4) is 0 Å². The SMILES string of the molecule is CCN(CC)C(=O)CSc1nnc(SCc2ccc(-c3ccccc3)cc2)n1N. The van der Waals surface area contributed by atoms with Crippen molar-refractivity contribution in [2.75, 3.05) is 24.7 Å². The number of aromatic nitrogens is 3. The summed E-state index contributed by atoms with van der Waals surface area (Å²) in [5.74, 6) is 7.25. The highest BCUT2D eigenvalue weighted by atomic mass is 32.2. The average molecular weight is 428 g/mol. The van der Waals surface area contributed by atoms with E-state index in [-0.39, 0.29) is 5.91 Å². The lowest BCUT2D eigenvalue weighted by molar-refractivity contribution is -0.127. The van der Waals surface area contributed by atoms with E-state index in [0.717, 1.165) is 5.75 Å². The largest absolute Gasteiger partial charge is 0.343 e. The molecule has 3 rings (SSSR count). The summed E-state index contributed by atoms with van der Waals surface area (Å²) < 4.78 is 1.46. The summed E-state index contributed by atoms with van der Waals surface area (Å²) in [7, 11) is 0. The van der Waals surface area contributed by atoms with Gasteiger partial charge in [-0.15, -0.1) is 10.2 Å². The standard InChI is InChI=1S/C21H25N5OS2/c1-3-25(4-2)19(27)15-29-21-24-23-20(26(21)22)28-14-16-10-12-18(13-11-16)17-8-6-5-7-9-17/h5-13H,3-4,14-15,22H2,1-2H3. The molecule has 1 aromatic heterocycles. The molecule has 0 unspecified atom stereocenters. The summed E-state index contributed by atoms with van der Waals surface area (Å²) in [5.41, 5.74) is 3.58. The molecule has 0 radical (unpaired) electrons. The Hall–Kier alpha value is -2.45. The lowest BCUT2D eigenvalue weighted by atomic mass is 10.0. The Morgan fingerprint density at radius 3 is 2.14 bits per heavy atom. The summed E-state index contributed by atoms with van der Waals surface area (Å²) >= 11 is 2.84. The zero-order chi connectivity index (χ0) is 20.6. The van der Waals surface area contributed by atoms with Crippen LogP contribution in [0.1, 0.15) is 19.4 Å². The minimum Gasteiger partial charge on any atom is -0.343 e. The molecule has 1 heterocycles. The molecule has 2 N–H and O–H groups in total. The van der Waals surface area contributed by atoms with Gasteiger partial charge in [0.05, 0.1) is 5.75 Å². The number of amides is 1. The quantitative estimate of drug-likeness (QED) is 0.412. The normalized spacial score (nSPS) is 10.8. The first-order valence-corrected chi connectivity index (χ1v) is 11.5. The topological polar surface area (TPSA) is 77.0 Å². The Morgan fingerprint density at radius 1 is 0.931 bits per heavy atom. The Kier molecular flexibility index (Phi) is 7.60. The van der Waals surface area contributed by atoms with Crippen LogP contribution >= 0.6 is 23.5 Å². The van der Waals surface area contributed by atoms with Crippen molar-refractivity contribution in [2.45, 2.75) is 29.9 Å². The first kappa shape index (κ1) is 21.3. The monoisotopic (exact) mass is 427 g/mol. The maximum absolute atomic E-state index is 12.1. The smallest absolute Gasteiger partial charge is 0.233 e. The highest BCUT2D eigenvalue weighted by molar-refractivity contribution is 8.00. The Balaban J connectivity index is 1.56. The van der Waals surface area contributed by atoms with Crippen molar-refractivity contribution in [1.29, 1.82) is 0 Å². The fourth-order valence-corrected chi connectivity index (χ4v) is 4.46. The summed E-state index contributed by atoms with van der Waals surface area (Å²) in [6.07, 6.45) is 0. The average Bonchev–Trinajstić information content (AvgIpc) is 3.12. The molecule has 152 valence electrons. The maximum Gasteiger partial charge on any atom is 0.233 e. The lowest BCUT2D eigenvalue weighted by Crippen LogP contribution is -2.32. The second-order valence-electron chi connectivity index (χ2n) is 6.34. The number of nitrogens with zero attached hydrogens (tertiary/aromatic N) is 4. The van der Waals surface area contributed by atoms with E-state index in [9.17, 15) is 4.79 Å². The molecule has 3 aromatic rings. The van der Waals surface area contributed by atoms with Gasteiger partial charge in [-0.25, -0.2) is 4.68 Å². The van der Waals surface area contributed by atoms with Crippen LogP contribution in [-0.2, 0) is 10.5 Å². The van der Waals surface area contributed by atoms with E-state index in [1.165, 1.54) is 44.9 Å². The first-order valence-electron chi connectivity index (χ1n) is 9.50. The van der Waals surface area contributed by atoms with Gasteiger partial charge in [0.1, 0.15) is 0 Å². The van der Waals surface area contributed by atoms with Crippen molar-refractivity contribution in [1.82, 2.24) is 19.8 Å². The van der Waals surface area contributed by atoms with Gasteiger partial charge < -0.3 is 10.7 Å². The van der Waals surface area contributed by atoms with Gasteiger partial charge in [0.25, 0.3) is 0 Å². The van der Waals surface area contributed by atoms with Crippen LogP contribution in [0.4, 0.5) is 0 Å². The van der Waals surface area contributed by atoms with Gasteiger partial charge in [-0.05, 0) is 30.5 Å². The van der Waals surface area contributed by atoms with Crippen LogP contribution in [0.15, 0.2) is 64.9 Å². The molecule has 8 heteroatoms. The summed E-state index contributed by atoms with van der Waals surface area (Å²) in [5, 5.41) is 9.47. The number of carbonyl (C=O) groups is 1. The van der Waals surface area contributed by atoms with E-state index in [0.29, 0.717) is 29.2 Å². The van der Waals surface area contributed by atoms with Crippen LogP contribution in [0.5, 0.6) is 0 Å². The van der Waals surface area contributed by atoms with E-state index in [2.05, 4.69) is 46.6 Å². The zero-order valence-corrected chi connectivity index (χ0v) is 18.2. The molecule has 0 fully saturated rings. The Morgan fingerprint density at radius 2 is 1.52 bits per heavy atom. The number of nitrogen functional groups attached to an aromatic ring is 1. The van der Waals surface area contributed by atoms with Crippen molar-refractivity contribution in [2.24, 2.45) is 0 Å². The highest BCUT2D eigenvalue weighted by Crippen LogP contribution is 2.25. The van der Waals surface area contributed by atoms with Crippen LogP contribution in [-0.4, -0.2) is 44.5 Å². The molecule has 0 saturated carbocycles. The molecule has 2 aromatic carbocycles. The van der Waals surface area contributed by atoms with E-state index in [1.54, 1.807) is 4.90 Å². The summed E-state index contributed by atoms with van der Waals surface area (Å²) in [6.45, 7) is 5.35. The van der Waals surface area contributed by atoms with Crippen molar-refractivity contribution < 1.29 is 4.79 Å². The Labute approximate surface area is 179 Å². The molecular formula is C21H25N5OS2. The van der Waals surface area contributed by atoms with Crippen LogP contribution in [0.2, 0.25) is 0 Å². The van der Waals surface area contributed by atoms with Crippen molar-refractivity contribution in [3.63, 3.8) is 0 Å². The third kappa shape index (κ3) is 5.55. The summed E-state index contributed by atoms with van der Waals surface area (Å²) in [6, 6.07) is 18.8. The van der Waals surface area contributed by atoms with Gasteiger partial charge in [-0.1, -0.05) is 78.1 Å². The minimum absolute atomic E-state index is 0.0794. The highest BCUT2D eigenvalue weighted by Gasteiger charge is 2.15. The molecule has 0 spiro atoms. The molecule has 0 aliphatic heterocycles. The van der Waals surface area contributed by atoms with Gasteiger partial charge in [0.15, 0.2) is 0 Å². The number of rotatable bonds is 9. The zero-order valence-electron chi connectivity index (χ0n) is 16.6. The van der Waals surface area contributed by atoms with E-state index < -0.39 is 0 Å². The van der Waals surface area contributed by atoms with Gasteiger partial charge >= 0.3 is 0 Å². The Bertz CT molecular complexity index is 924. The first-order chi connectivity index (χ1) is 14.1. The lowest BCUT2D eigenvalue weighted by Gasteiger charge is -2.17. The fourth-order valence-electron chi connectivity index (χ4n) is 2.83. The molecule has 29 heavy (non-hydrogen) atoms. The predicted molar refractivity (Wildman–Crippen MR) is 120 cm³/mol.